The van der Waals surface area contributed by atoms with Gasteiger partial charge in [0.1, 0.15) is 11.6 Å². The first-order chi connectivity index (χ1) is 11.5. The Labute approximate surface area is 145 Å². The molecule has 0 bridgehead atoms. The molecule has 2 aromatic carbocycles. The Balaban J connectivity index is 1.92. The molecule has 0 heterocycles. The molecule has 1 amide bonds. The average molecular weight is 349 g/mol. The summed E-state index contributed by atoms with van der Waals surface area (Å²) in [5.41, 5.74) is 3.42. The number of nitrogens with zero attached hydrogens (tertiary/aromatic N) is 1. The third kappa shape index (κ3) is 4.80. The molecular weight excluding hydrogens is 331 g/mol. The zero-order valence-electron chi connectivity index (χ0n) is 13.4. The topological polar surface area (TPSA) is 50.7 Å². The Kier molecular flexibility index (Phi) is 6.32. The number of amides is 1. The average Bonchev–Trinajstić information content (AvgIpc) is 2.56. The van der Waals surface area contributed by atoms with Crippen molar-refractivity contribution < 1.29 is 13.9 Å². The van der Waals surface area contributed by atoms with Crippen LogP contribution in [0.4, 0.5) is 4.39 Å². The number of rotatable bonds is 6. The van der Waals surface area contributed by atoms with E-state index in [9.17, 15) is 9.18 Å². The van der Waals surface area contributed by atoms with Crippen LogP contribution in [0.3, 0.4) is 0 Å². The molecule has 24 heavy (non-hydrogen) atoms. The Morgan fingerprint density at radius 3 is 2.75 bits per heavy atom. The van der Waals surface area contributed by atoms with Crippen LogP contribution >= 0.6 is 11.6 Å². The first kappa shape index (κ1) is 17.9. The van der Waals surface area contributed by atoms with Gasteiger partial charge in [0.2, 0.25) is 0 Å². The summed E-state index contributed by atoms with van der Waals surface area (Å²) in [6, 6.07) is 11.8. The number of hydrogen-bond acceptors (Lipinski definition) is 3. The van der Waals surface area contributed by atoms with Crippen molar-refractivity contribution in [2.75, 3.05) is 6.61 Å². The fraction of sp³-hybridized carbons (Fsp3) is 0.222. The number of carbonyl (C=O) groups excluding carboxylic acids is 1. The molecule has 0 aliphatic heterocycles. The highest BCUT2D eigenvalue weighted by molar-refractivity contribution is 6.33. The van der Waals surface area contributed by atoms with Crippen molar-refractivity contribution in [1.82, 2.24) is 5.43 Å². The maximum Gasteiger partial charge on any atom is 0.277 e. The lowest BCUT2D eigenvalue weighted by Crippen LogP contribution is -2.25. The fourth-order valence-corrected chi connectivity index (χ4v) is 2.28. The van der Waals surface area contributed by atoms with Crippen molar-refractivity contribution >= 4 is 23.7 Å². The number of ether oxygens (including phenoxy) is 1. The van der Waals surface area contributed by atoms with Gasteiger partial charge in [0.05, 0.1) is 11.2 Å². The molecule has 0 saturated heterocycles. The van der Waals surface area contributed by atoms with Crippen molar-refractivity contribution in [2.45, 2.75) is 19.8 Å². The highest BCUT2D eigenvalue weighted by Crippen LogP contribution is 2.25. The van der Waals surface area contributed by atoms with Gasteiger partial charge in [0, 0.05) is 5.56 Å². The molecule has 0 spiro atoms. The van der Waals surface area contributed by atoms with Crippen molar-refractivity contribution in [3.8, 4) is 5.75 Å². The fourth-order valence-electron chi connectivity index (χ4n) is 2.07. The minimum Gasteiger partial charge on any atom is -0.483 e. The zero-order chi connectivity index (χ0) is 17.5. The van der Waals surface area contributed by atoms with E-state index in [1.165, 1.54) is 12.1 Å². The van der Waals surface area contributed by atoms with Gasteiger partial charge in [-0.1, -0.05) is 49.7 Å². The van der Waals surface area contributed by atoms with Gasteiger partial charge in [0.25, 0.3) is 5.91 Å². The van der Waals surface area contributed by atoms with Gasteiger partial charge in [-0.3, -0.25) is 4.79 Å². The molecule has 0 radical (unpaired) electrons. The number of hydrazone groups is 1. The summed E-state index contributed by atoms with van der Waals surface area (Å²) >= 11 is 5.86. The predicted octanol–water partition coefficient (Wildman–Crippen LogP) is 4.13. The van der Waals surface area contributed by atoms with Gasteiger partial charge in [0.15, 0.2) is 6.61 Å². The quantitative estimate of drug-likeness (QED) is 0.630. The zero-order valence-corrected chi connectivity index (χ0v) is 14.2. The van der Waals surface area contributed by atoms with Gasteiger partial charge in [-0.05, 0) is 29.7 Å². The Morgan fingerprint density at radius 2 is 2.04 bits per heavy atom. The summed E-state index contributed by atoms with van der Waals surface area (Å²) < 4.78 is 19.1. The molecule has 0 fully saturated rings. The second-order valence-corrected chi connectivity index (χ2v) is 5.82. The van der Waals surface area contributed by atoms with Crippen LogP contribution in [0.25, 0.3) is 0 Å². The number of benzene rings is 2. The number of carbonyl (C=O) groups is 1. The lowest BCUT2D eigenvalue weighted by Gasteiger charge is -2.13. The maximum atomic E-state index is 13.6. The first-order valence-electron chi connectivity index (χ1n) is 7.46. The Bertz CT molecular complexity index is 727. The monoisotopic (exact) mass is 348 g/mol. The minimum atomic E-state index is -0.511. The summed E-state index contributed by atoms with van der Waals surface area (Å²) in [6.07, 6.45) is 1.16. The second kappa shape index (κ2) is 8.45. The van der Waals surface area contributed by atoms with E-state index in [2.05, 4.69) is 10.5 Å². The van der Waals surface area contributed by atoms with Crippen LogP contribution in [0.2, 0.25) is 5.02 Å². The third-order valence-electron chi connectivity index (χ3n) is 3.28. The molecule has 1 N–H and O–H groups in total. The summed E-state index contributed by atoms with van der Waals surface area (Å²) in [6.45, 7) is 3.90. The van der Waals surface area contributed by atoms with Crippen molar-refractivity contribution in [2.24, 2.45) is 5.10 Å². The molecule has 6 heteroatoms. The van der Waals surface area contributed by atoms with Crippen LogP contribution < -0.4 is 10.2 Å². The summed E-state index contributed by atoms with van der Waals surface area (Å²) in [5, 5.41) is 3.92. The molecule has 0 aliphatic rings. The van der Waals surface area contributed by atoms with Gasteiger partial charge >= 0.3 is 0 Å². The van der Waals surface area contributed by atoms with Crippen molar-refractivity contribution in [3.63, 3.8) is 0 Å². The number of nitrogens with one attached hydrogen (secondary N) is 1. The van der Waals surface area contributed by atoms with E-state index in [0.29, 0.717) is 5.75 Å². The molecule has 0 unspecified atom stereocenters. The maximum absolute atomic E-state index is 13.6. The van der Waals surface area contributed by atoms with Gasteiger partial charge < -0.3 is 4.74 Å². The van der Waals surface area contributed by atoms with Crippen LogP contribution in [0.5, 0.6) is 5.75 Å². The largest absolute Gasteiger partial charge is 0.483 e. The second-order valence-electron chi connectivity index (χ2n) is 5.41. The van der Waals surface area contributed by atoms with Crippen molar-refractivity contribution in [3.05, 3.63) is 64.4 Å². The highest BCUT2D eigenvalue weighted by Gasteiger charge is 2.09. The number of halogens is 2. The standard InChI is InChI=1S/C18H18ClFN2O2/c1-12(2)13-6-3-4-9-17(13)24-11-18(23)22-21-10-14-15(19)7-5-8-16(14)20/h3-10,12H,11H2,1-2H3,(H,22,23). The molecule has 0 aromatic heterocycles. The normalized spacial score (nSPS) is 11.0. The van der Waals surface area contributed by atoms with Gasteiger partial charge in [-0.2, -0.15) is 5.10 Å². The van der Waals surface area contributed by atoms with E-state index in [-0.39, 0.29) is 23.1 Å². The van der Waals surface area contributed by atoms with E-state index in [0.717, 1.165) is 11.8 Å². The summed E-state index contributed by atoms with van der Waals surface area (Å²) in [5.74, 6) is -0.0193. The van der Waals surface area contributed by atoms with E-state index < -0.39 is 11.7 Å². The van der Waals surface area contributed by atoms with Crippen LogP contribution in [0.15, 0.2) is 47.6 Å². The molecule has 126 valence electrons. The lowest BCUT2D eigenvalue weighted by molar-refractivity contribution is -0.123. The van der Waals surface area contributed by atoms with Crippen LogP contribution in [0.1, 0.15) is 30.9 Å². The summed E-state index contributed by atoms with van der Waals surface area (Å²) in [7, 11) is 0. The molecule has 0 atom stereocenters. The number of para-hydroxylation sites is 1. The molecule has 2 aromatic rings. The Hall–Kier alpha value is -2.40. The van der Waals surface area contributed by atoms with Crippen LogP contribution in [0, 0.1) is 5.82 Å². The summed E-state index contributed by atoms with van der Waals surface area (Å²) in [4.78, 5) is 11.8. The minimum absolute atomic E-state index is 0.116. The number of hydrogen-bond donors (Lipinski definition) is 1. The molecule has 0 aliphatic carbocycles. The van der Waals surface area contributed by atoms with E-state index in [1.54, 1.807) is 6.07 Å². The Morgan fingerprint density at radius 1 is 1.29 bits per heavy atom. The molecule has 0 saturated carbocycles. The smallest absolute Gasteiger partial charge is 0.277 e. The lowest BCUT2D eigenvalue weighted by atomic mass is 10.0. The van der Waals surface area contributed by atoms with E-state index in [1.807, 2.05) is 38.1 Å². The molecular formula is C18H18ClFN2O2. The highest BCUT2D eigenvalue weighted by atomic mass is 35.5. The van der Waals surface area contributed by atoms with Gasteiger partial charge in [-0.25, -0.2) is 9.82 Å². The predicted molar refractivity (Wildman–Crippen MR) is 93.2 cm³/mol. The van der Waals surface area contributed by atoms with Crippen molar-refractivity contribution in [1.29, 1.82) is 0 Å². The van der Waals surface area contributed by atoms with Crippen LogP contribution in [-0.2, 0) is 4.79 Å². The molecule has 2 rings (SSSR count). The molecule has 4 nitrogen and oxygen atoms in total. The van der Waals surface area contributed by atoms with E-state index in [4.69, 9.17) is 16.3 Å². The SMILES string of the molecule is CC(C)c1ccccc1OCC(=O)NN=Cc1c(F)cccc1Cl. The van der Waals surface area contributed by atoms with E-state index >= 15 is 0 Å². The third-order valence-corrected chi connectivity index (χ3v) is 3.61. The van der Waals surface area contributed by atoms with Crippen LogP contribution in [-0.4, -0.2) is 18.7 Å². The van der Waals surface area contributed by atoms with Gasteiger partial charge in [-0.15, -0.1) is 0 Å². The first-order valence-corrected chi connectivity index (χ1v) is 7.84.